The molecule has 0 heterocycles. The molecule has 0 saturated carbocycles. The summed E-state index contributed by atoms with van der Waals surface area (Å²) in [6, 6.07) is 15.7. The van der Waals surface area contributed by atoms with E-state index >= 15 is 0 Å². The topological polar surface area (TPSA) is 63.4 Å². The van der Waals surface area contributed by atoms with Crippen LogP contribution in [0.4, 0.5) is 8.78 Å². The van der Waals surface area contributed by atoms with Crippen molar-refractivity contribution < 1.29 is 17.2 Å². The first kappa shape index (κ1) is 19.5. The molecule has 0 aromatic heterocycles. The van der Waals surface area contributed by atoms with Gasteiger partial charge in [-0.25, -0.2) is 8.42 Å². The molecule has 0 spiro atoms. The Morgan fingerprint density at radius 2 is 1.56 bits per heavy atom. The standard InChI is InChI=1S/C18H22F2N2O2S/c19-18(20)25(23,24)17-8-6-16(7-9-17)14-22(13-11-21)12-10-15-4-2-1-3-5-15/h1-9,18H,10-14,21H2. The lowest BCUT2D eigenvalue weighted by Gasteiger charge is -2.22. The molecule has 0 atom stereocenters. The zero-order chi connectivity index (χ0) is 18.3. The van der Waals surface area contributed by atoms with Crippen LogP contribution in [-0.4, -0.2) is 38.7 Å². The molecule has 4 nitrogen and oxygen atoms in total. The van der Waals surface area contributed by atoms with Gasteiger partial charge in [0.25, 0.3) is 0 Å². The zero-order valence-electron chi connectivity index (χ0n) is 13.8. The first-order valence-corrected chi connectivity index (χ1v) is 9.55. The van der Waals surface area contributed by atoms with Crippen LogP contribution in [0.3, 0.4) is 0 Å². The minimum atomic E-state index is -4.55. The summed E-state index contributed by atoms with van der Waals surface area (Å²) in [5.74, 6) is -3.40. The van der Waals surface area contributed by atoms with Gasteiger partial charge in [-0.3, -0.25) is 4.90 Å². The van der Waals surface area contributed by atoms with E-state index in [9.17, 15) is 17.2 Å². The molecule has 0 fully saturated rings. The van der Waals surface area contributed by atoms with Crippen molar-refractivity contribution in [2.24, 2.45) is 5.73 Å². The lowest BCUT2D eigenvalue weighted by molar-refractivity contribution is 0.234. The Morgan fingerprint density at radius 3 is 2.12 bits per heavy atom. The molecule has 25 heavy (non-hydrogen) atoms. The van der Waals surface area contributed by atoms with Crippen LogP contribution in [0.25, 0.3) is 0 Å². The number of sulfone groups is 1. The number of nitrogens with zero attached hydrogens (tertiary/aromatic N) is 1. The number of benzene rings is 2. The predicted molar refractivity (Wildman–Crippen MR) is 94.1 cm³/mol. The highest BCUT2D eigenvalue weighted by atomic mass is 32.2. The Labute approximate surface area is 147 Å². The molecule has 2 aromatic rings. The molecule has 136 valence electrons. The van der Waals surface area contributed by atoms with E-state index < -0.39 is 15.6 Å². The molecular formula is C18H22F2N2O2S. The van der Waals surface area contributed by atoms with Gasteiger partial charge in [-0.2, -0.15) is 8.78 Å². The van der Waals surface area contributed by atoms with Crippen LogP contribution >= 0.6 is 0 Å². The van der Waals surface area contributed by atoms with E-state index in [0.717, 1.165) is 18.5 Å². The second-order valence-electron chi connectivity index (χ2n) is 5.75. The van der Waals surface area contributed by atoms with Gasteiger partial charge in [0.05, 0.1) is 4.90 Å². The number of hydrogen-bond donors (Lipinski definition) is 1. The average molecular weight is 368 g/mol. The van der Waals surface area contributed by atoms with Gasteiger partial charge in [0, 0.05) is 26.2 Å². The first-order valence-electron chi connectivity index (χ1n) is 8.01. The SMILES string of the molecule is NCCN(CCc1ccccc1)Cc1ccc(S(=O)(=O)C(F)F)cc1. The van der Waals surface area contributed by atoms with Gasteiger partial charge in [-0.05, 0) is 29.7 Å². The zero-order valence-corrected chi connectivity index (χ0v) is 14.6. The fourth-order valence-corrected chi connectivity index (χ4v) is 3.25. The molecule has 7 heteroatoms. The van der Waals surface area contributed by atoms with Gasteiger partial charge in [0.1, 0.15) is 0 Å². The van der Waals surface area contributed by atoms with E-state index in [2.05, 4.69) is 17.0 Å². The highest BCUT2D eigenvalue weighted by Crippen LogP contribution is 2.19. The van der Waals surface area contributed by atoms with E-state index in [1.54, 1.807) is 12.1 Å². The lowest BCUT2D eigenvalue weighted by Crippen LogP contribution is -2.31. The summed E-state index contributed by atoms with van der Waals surface area (Å²) >= 11 is 0. The predicted octanol–water partition coefficient (Wildman–Crippen LogP) is 2.69. The average Bonchev–Trinajstić information content (AvgIpc) is 2.61. The maximum absolute atomic E-state index is 12.6. The Hall–Kier alpha value is -1.83. The van der Waals surface area contributed by atoms with Crippen LogP contribution in [-0.2, 0) is 22.8 Å². The van der Waals surface area contributed by atoms with Gasteiger partial charge < -0.3 is 5.73 Å². The van der Waals surface area contributed by atoms with E-state index in [-0.39, 0.29) is 4.90 Å². The molecule has 0 aliphatic heterocycles. The van der Waals surface area contributed by atoms with Crippen LogP contribution < -0.4 is 5.73 Å². The second kappa shape index (κ2) is 9.03. The quantitative estimate of drug-likeness (QED) is 0.739. The maximum Gasteiger partial charge on any atom is 0.341 e. The summed E-state index contributed by atoms with van der Waals surface area (Å²) < 4.78 is 48.0. The number of rotatable bonds is 9. The van der Waals surface area contributed by atoms with Crippen molar-refractivity contribution in [3.05, 3.63) is 65.7 Å². The lowest BCUT2D eigenvalue weighted by atomic mass is 10.1. The molecule has 2 N–H and O–H groups in total. The van der Waals surface area contributed by atoms with Crippen molar-refractivity contribution in [1.29, 1.82) is 0 Å². The van der Waals surface area contributed by atoms with Crippen molar-refractivity contribution in [2.75, 3.05) is 19.6 Å². The smallest absolute Gasteiger partial charge is 0.329 e. The largest absolute Gasteiger partial charge is 0.341 e. The summed E-state index contributed by atoms with van der Waals surface area (Å²) in [6.07, 6.45) is 0.874. The second-order valence-corrected chi connectivity index (χ2v) is 7.67. The van der Waals surface area contributed by atoms with Gasteiger partial charge >= 0.3 is 5.76 Å². The van der Waals surface area contributed by atoms with Crippen molar-refractivity contribution in [2.45, 2.75) is 23.6 Å². The van der Waals surface area contributed by atoms with Crippen LogP contribution in [0.5, 0.6) is 0 Å². The third kappa shape index (κ3) is 5.59. The molecule has 2 rings (SSSR count). The molecule has 0 radical (unpaired) electrons. The molecule has 2 aromatic carbocycles. The van der Waals surface area contributed by atoms with E-state index in [4.69, 9.17) is 5.73 Å². The Kier molecular flexibility index (Phi) is 7.04. The van der Waals surface area contributed by atoms with Crippen LogP contribution in [0.15, 0.2) is 59.5 Å². The monoisotopic (exact) mass is 368 g/mol. The summed E-state index contributed by atoms with van der Waals surface area (Å²) in [4.78, 5) is 1.80. The molecule has 0 unspecified atom stereocenters. The summed E-state index contributed by atoms with van der Waals surface area (Å²) in [5.41, 5.74) is 7.74. The number of nitrogens with two attached hydrogens (primary N) is 1. The van der Waals surface area contributed by atoms with Crippen molar-refractivity contribution in [3.8, 4) is 0 Å². The van der Waals surface area contributed by atoms with E-state index in [0.29, 0.717) is 19.6 Å². The summed E-state index contributed by atoms with van der Waals surface area (Å²) in [6.45, 7) is 2.59. The van der Waals surface area contributed by atoms with Gasteiger partial charge in [0.15, 0.2) is 0 Å². The molecular weight excluding hydrogens is 346 g/mol. The summed E-state index contributed by atoms with van der Waals surface area (Å²) in [5, 5.41) is 0. The minimum Gasteiger partial charge on any atom is -0.329 e. The summed E-state index contributed by atoms with van der Waals surface area (Å²) in [7, 11) is -4.55. The molecule has 0 saturated heterocycles. The van der Waals surface area contributed by atoms with Crippen molar-refractivity contribution in [3.63, 3.8) is 0 Å². The number of hydrogen-bond acceptors (Lipinski definition) is 4. The Morgan fingerprint density at radius 1 is 0.920 bits per heavy atom. The number of halogens is 2. The molecule has 0 aliphatic carbocycles. The van der Waals surface area contributed by atoms with Gasteiger partial charge in [0.2, 0.25) is 9.84 Å². The first-order chi connectivity index (χ1) is 11.9. The fraction of sp³-hybridized carbons (Fsp3) is 0.333. The highest BCUT2D eigenvalue weighted by molar-refractivity contribution is 7.91. The third-order valence-electron chi connectivity index (χ3n) is 3.90. The van der Waals surface area contributed by atoms with Crippen molar-refractivity contribution in [1.82, 2.24) is 4.90 Å². The van der Waals surface area contributed by atoms with Crippen molar-refractivity contribution >= 4 is 9.84 Å². The van der Waals surface area contributed by atoms with E-state index in [1.807, 2.05) is 18.2 Å². The number of alkyl halides is 2. The fourth-order valence-electron chi connectivity index (χ4n) is 2.53. The maximum atomic E-state index is 12.6. The minimum absolute atomic E-state index is 0.360. The van der Waals surface area contributed by atoms with Crippen LogP contribution in [0.1, 0.15) is 11.1 Å². The normalized spacial score (nSPS) is 12.0. The van der Waals surface area contributed by atoms with Gasteiger partial charge in [-0.1, -0.05) is 42.5 Å². The Bertz CT molecular complexity index is 750. The molecule has 0 bridgehead atoms. The van der Waals surface area contributed by atoms with Crippen LogP contribution in [0, 0.1) is 0 Å². The third-order valence-corrected chi connectivity index (χ3v) is 5.30. The Balaban J connectivity index is 2.01. The van der Waals surface area contributed by atoms with Crippen LogP contribution in [0.2, 0.25) is 0 Å². The molecule has 0 aliphatic rings. The van der Waals surface area contributed by atoms with Gasteiger partial charge in [-0.15, -0.1) is 0 Å². The van der Waals surface area contributed by atoms with E-state index in [1.165, 1.54) is 17.7 Å². The highest BCUT2D eigenvalue weighted by Gasteiger charge is 2.26. The molecule has 0 amide bonds.